The lowest BCUT2D eigenvalue weighted by Crippen LogP contribution is -2.48. The number of halogens is 3. The van der Waals surface area contributed by atoms with Crippen LogP contribution in [0, 0.1) is 0 Å². The Hall–Kier alpha value is -1.96. The summed E-state index contributed by atoms with van der Waals surface area (Å²) in [5.74, 6) is 0.743. The number of alkyl halides is 3. The van der Waals surface area contributed by atoms with Crippen LogP contribution in [0.2, 0.25) is 0 Å². The van der Waals surface area contributed by atoms with Gasteiger partial charge < -0.3 is 20.3 Å². The molecule has 29 heavy (non-hydrogen) atoms. The fraction of sp³-hybridized carbons (Fsp3) is 0.667. The first-order chi connectivity index (χ1) is 13.7. The average Bonchev–Trinajstić information content (AvgIpc) is 2.66. The second-order valence-corrected chi connectivity index (χ2v) is 7.67. The van der Waals surface area contributed by atoms with Crippen LogP contribution in [0.1, 0.15) is 51.2 Å². The van der Waals surface area contributed by atoms with E-state index in [1.165, 1.54) is 6.07 Å². The van der Waals surface area contributed by atoms with Crippen LogP contribution in [0.3, 0.4) is 0 Å². The van der Waals surface area contributed by atoms with Crippen LogP contribution in [0.25, 0.3) is 0 Å². The summed E-state index contributed by atoms with van der Waals surface area (Å²) in [6.07, 6.45) is -1.50. The van der Waals surface area contributed by atoms with Crippen molar-refractivity contribution < 1.29 is 17.9 Å². The number of nitrogens with zero attached hydrogens (tertiary/aromatic N) is 2. The highest BCUT2D eigenvalue weighted by atomic mass is 19.4. The molecule has 1 aromatic rings. The molecule has 0 aromatic heterocycles. The van der Waals surface area contributed by atoms with Gasteiger partial charge in [-0.05, 0) is 57.4 Å². The Balaban J connectivity index is 1.98. The first-order valence-electron chi connectivity index (χ1n) is 10.3. The third kappa shape index (κ3) is 7.42. The molecule has 0 amide bonds. The zero-order valence-corrected chi connectivity index (χ0v) is 17.8. The maximum absolute atomic E-state index is 13.5. The number of ether oxygens (including phenoxy) is 1. The molecule has 0 atom stereocenters. The predicted molar refractivity (Wildman–Crippen MR) is 110 cm³/mol. The van der Waals surface area contributed by atoms with Crippen molar-refractivity contribution in [1.29, 1.82) is 0 Å². The second kappa shape index (κ2) is 10.7. The Morgan fingerprint density at radius 3 is 2.52 bits per heavy atom. The van der Waals surface area contributed by atoms with E-state index in [1.807, 2.05) is 0 Å². The summed E-state index contributed by atoms with van der Waals surface area (Å²) in [5, 5.41) is 6.37. The Kier molecular flexibility index (Phi) is 8.61. The highest BCUT2D eigenvalue weighted by molar-refractivity contribution is 5.80. The van der Waals surface area contributed by atoms with Crippen molar-refractivity contribution in [3.63, 3.8) is 0 Å². The third-order valence-electron chi connectivity index (χ3n) is 4.90. The molecule has 0 aliphatic carbocycles. The van der Waals surface area contributed by atoms with Crippen LogP contribution in [-0.2, 0) is 12.7 Å². The number of piperidine rings is 1. The van der Waals surface area contributed by atoms with Crippen molar-refractivity contribution in [2.45, 2.75) is 64.9 Å². The number of rotatable bonds is 7. The summed E-state index contributed by atoms with van der Waals surface area (Å²) in [4.78, 5) is 6.61. The van der Waals surface area contributed by atoms with Gasteiger partial charge in [-0.1, -0.05) is 13.0 Å². The van der Waals surface area contributed by atoms with E-state index >= 15 is 0 Å². The third-order valence-corrected chi connectivity index (χ3v) is 4.90. The van der Waals surface area contributed by atoms with Gasteiger partial charge in [-0.3, -0.25) is 4.99 Å². The average molecular weight is 415 g/mol. The Bertz CT molecular complexity index is 668. The van der Waals surface area contributed by atoms with Crippen molar-refractivity contribution in [2.75, 3.05) is 26.7 Å². The molecule has 1 fully saturated rings. The summed E-state index contributed by atoms with van der Waals surface area (Å²) in [5.41, 5.74) is -0.527. The highest BCUT2D eigenvalue weighted by Crippen LogP contribution is 2.34. The van der Waals surface area contributed by atoms with E-state index in [-0.39, 0.29) is 30.0 Å². The smallest absolute Gasteiger partial charge is 0.416 e. The molecular formula is C21H33F3N4O. The Labute approximate surface area is 171 Å². The van der Waals surface area contributed by atoms with Gasteiger partial charge >= 0.3 is 6.18 Å². The second-order valence-electron chi connectivity index (χ2n) is 7.67. The maximum atomic E-state index is 13.5. The Morgan fingerprint density at radius 1 is 1.28 bits per heavy atom. The lowest BCUT2D eigenvalue weighted by Gasteiger charge is -2.32. The van der Waals surface area contributed by atoms with E-state index < -0.39 is 11.7 Å². The number of hydrogen-bond donors (Lipinski definition) is 2. The lowest BCUT2D eigenvalue weighted by atomic mass is 10.0. The van der Waals surface area contributed by atoms with Crippen molar-refractivity contribution in [2.24, 2.45) is 4.99 Å². The lowest BCUT2D eigenvalue weighted by molar-refractivity contribution is -0.138. The van der Waals surface area contributed by atoms with E-state index in [1.54, 1.807) is 27.0 Å². The number of guanidine groups is 1. The number of hydrogen-bond acceptors (Lipinski definition) is 3. The van der Waals surface area contributed by atoms with Crippen molar-refractivity contribution in [1.82, 2.24) is 15.5 Å². The van der Waals surface area contributed by atoms with Gasteiger partial charge in [0.1, 0.15) is 5.75 Å². The van der Waals surface area contributed by atoms with Crippen LogP contribution in [0.4, 0.5) is 13.2 Å². The first-order valence-corrected chi connectivity index (χ1v) is 10.3. The van der Waals surface area contributed by atoms with Gasteiger partial charge in [0, 0.05) is 32.7 Å². The molecule has 1 aromatic carbocycles. The van der Waals surface area contributed by atoms with E-state index in [4.69, 9.17) is 4.74 Å². The normalized spacial score (nSPS) is 16.9. The standard InChI is InChI=1S/C21H33F3N4O/c1-5-10-28-11-8-17(9-12-28)27-20(25-4)26-14-16-6-7-18(29-15(2)3)13-19(16)21(22,23)24/h6-7,13,15,17H,5,8-12,14H2,1-4H3,(H2,25,26,27). The zero-order valence-electron chi connectivity index (χ0n) is 17.8. The minimum Gasteiger partial charge on any atom is -0.491 e. The van der Waals surface area contributed by atoms with Gasteiger partial charge in [-0.15, -0.1) is 0 Å². The summed E-state index contributed by atoms with van der Waals surface area (Å²) in [6.45, 7) is 8.93. The van der Waals surface area contributed by atoms with Crippen molar-refractivity contribution in [3.8, 4) is 5.75 Å². The molecular weight excluding hydrogens is 381 g/mol. The SMILES string of the molecule is CCCN1CCC(NC(=NC)NCc2ccc(OC(C)C)cc2C(F)(F)F)CC1. The predicted octanol–water partition coefficient (Wildman–Crippen LogP) is 4.03. The Morgan fingerprint density at radius 2 is 1.97 bits per heavy atom. The molecule has 0 spiro atoms. The number of aliphatic imine (C=N–C) groups is 1. The molecule has 1 aliphatic rings. The number of likely N-dealkylation sites (tertiary alicyclic amines) is 1. The first kappa shape index (κ1) is 23.3. The quantitative estimate of drug-likeness (QED) is 0.522. The minimum atomic E-state index is -4.45. The van der Waals surface area contributed by atoms with E-state index in [0.29, 0.717) is 5.96 Å². The molecule has 1 heterocycles. The molecule has 2 rings (SSSR count). The molecule has 1 aliphatic heterocycles. The van der Waals surface area contributed by atoms with Crippen molar-refractivity contribution >= 4 is 5.96 Å². The summed E-state index contributed by atoms with van der Waals surface area (Å²) in [6, 6.07) is 4.38. The maximum Gasteiger partial charge on any atom is 0.416 e. The molecule has 2 N–H and O–H groups in total. The molecule has 164 valence electrons. The van der Waals surface area contributed by atoms with Gasteiger partial charge in [0.05, 0.1) is 11.7 Å². The van der Waals surface area contributed by atoms with E-state index in [2.05, 4.69) is 27.4 Å². The van der Waals surface area contributed by atoms with Gasteiger partial charge in [-0.25, -0.2) is 0 Å². The van der Waals surface area contributed by atoms with Gasteiger partial charge in [0.25, 0.3) is 0 Å². The van der Waals surface area contributed by atoms with E-state index in [0.717, 1.165) is 45.0 Å². The van der Waals surface area contributed by atoms with Crippen LogP contribution in [0.15, 0.2) is 23.2 Å². The topological polar surface area (TPSA) is 48.9 Å². The van der Waals surface area contributed by atoms with Crippen molar-refractivity contribution in [3.05, 3.63) is 29.3 Å². The van der Waals surface area contributed by atoms with Gasteiger partial charge in [-0.2, -0.15) is 13.2 Å². The molecule has 8 heteroatoms. The number of benzene rings is 1. The summed E-state index contributed by atoms with van der Waals surface area (Å²) >= 11 is 0. The fourth-order valence-corrected chi connectivity index (χ4v) is 3.50. The van der Waals surface area contributed by atoms with Gasteiger partial charge in [0.2, 0.25) is 0 Å². The fourth-order valence-electron chi connectivity index (χ4n) is 3.50. The molecule has 0 unspecified atom stereocenters. The molecule has 1 saturated heterocycles. The summed E-state index contributed by atoms with van der Waals surface area (Å²) < 4.78 is 45.9. The van der Waals surface area contributed by atoms with Crippen LogP contribution in [-0.4, -0.2) is 49.7 Å². The molecule has 0 saturated carbocycles. The molecule has 0 radical (unpaired) electrons. The zero-order chi connectivity index (χ0) is 21.4. The largest absolute Gasteiger partial charge is 0.491 e. The van der Waals surface area contributed by atoms with Crippen LogP contribution in [0.5, 0.6) is 5.75 Å². The number of nitrogens with one attached hydrogen (secondary N) is 2. The molecule has 5 nitrogen and oxygen atoms in total. The minimum absolute atomic E-state index is 0.0329. The molecule has 0 bridgehead atoms. The van der Waals surface area contributed by atoms with E-state index in [9.17, 15) is 13.2 Å². The summed E-state index contributed by atoms with van der Waals surface area (Å²) in [7, 11) is 1.63. The highest BCUT2D eigenvalue weighted by Gasteiger charge is 2.34. The monoisotopic (exact) mass is 414 g/mol. The van der Waals surface area contributed by atoms with Crippen LogP contribution < -0.4 is 15.4 Å². The van der Waals surface area contributed by atoms with Gasteiger partial charge in [0.15, 0.2) is 5.96 Å². The van der Waals surface area contributed by atoms with Crippen LogP contribution >= 0.6 is 0 Å².